The Hall–Kier alpha value is -2.46. The Morgan fingerprint density at radius 3 is 2.50 bits per heavy atom. The molecule has 22 heavy (non-hydrogen) atoms. The summed E-state index contributed by atoms with van der Waals surface area (Å²) in [6.07, 6.45) is -4.05. The average Bonchev–Trinajstić information content (AvgIpc) is 2.83. The van der Waals surface area contributed by atoms with Crippen LogP contribution in [0.15, 0.2) is 12.3 Å². The fourth-order valence-electron chi connectivity index (χ4n) is 2.31. The van der Waals surface area contributed by atoms with Gasteiger partial charge in [0, 0.05) is 13.1 Å². The minimum atomic E-state index is -4.75. The topological polar surface area (TPSA) is 96.6 Å². The minimum Gasteiger partial charge on any atom is -0.481 e. The summed E-state index contributed by atoms with van der Waals surface area (Å²) in [6, 6.07) is 0.527. The van der Waals surface area contributed by atoms with Crippen molar-refractivity contribution in [2.75, 3.05) is 18.0 Å². The standard InChI is InChI=1S/C11H9F4N3O4/c12-8-1-5(18(21)22)2-16-9(8)17-3-6(10(19)20)7(4-17)11(13,14)15/h1-2,6-7H,3-4H2,(H,19,20)/t6-,7-/m1/s1. The number of carboxylic acids is 1. The van der Waals surface area contributed by atoms with Crippen molar-refractivity contribution in [2.45, 2.75) is 6.18 Å². The molecule has 1 saturated heterocycles. The molecule has 0 aliphatic carbocycles. The lowest BCUT2D eigenvalue weighted by molar-refractivity contribution is -0.385. The molecule has 0 unspecified atom stereocenters. The van der Waals surface area contributed by atoms with Gasteiger partial charge in [-0.1, -0.05) is 0 Å². The zero-order valence-corrected chi connectivity index (χ0v) is 10.7. The monoisotopic (exact) mass is 323 g/mol. The third kappa shape index (κ3) is 2.92. The first-order valence-corrected chi connectivity index (χ1v) is 5.95. The van der Waals surface area contributed by atoms with E-state index in [2.05, 4.69) is 4.98 Å². The van der Waals surface area contributed by atoms with Gasteiger partial charge in [-0.05, 0) is 0 Å². The molecule has 0 radical (unpaired) electrons. The summed E-state index contributed by atoms with van der Waals surface area (Å²) in [5, 5.41) is 19.3. The molecular formula is C11H9F4N3O4. The largest absolute Gasteiger partial charge is 0.481 e. The molecule has 0 saturated carbocycles. The highest BCUT2D eigenvalue weighted by molar-refractivity contribution is 5.72. The molecule has 1 N–H and O–H groups in total. The SMILES string of the molecule is O=C(O)[C@@H]1CN(c2ncc([N+](=O)[O-])cc2F)C[C@H]1C(F)(F)F. The Bertz CT molecular complexity index is 622. The summed E-state index contributed by atoms with van der Waals surface area (Å²) in [6.45, 7) is -1.36. The lowest BCUT2D eigenvalue weighted by atomic mass is 9.96. The van der Waals surface area contributed by atoms with Gasteiger partial charge in [-0.15, -0.1) is 0 Å². The molecule has 2 atom stereocenters. The zero-order valence-electron chi connectivity index (χ0n) is 10.7. The highest BCUT2D eigenvalue weighted by atomic mass is 19.4. The molecule has 0 aromatic carbocycles. The summed E-state index contributed by atoms with van der Waals surface area (Å²) < 4.78 is 52.3. The maximum absolute atomic E-state index is 13.8. The van der Waals surface area contributed by atoms with Gasteiger partial charge in [0.15, 0.2) is 11.6 Å². The number of anilines is 1. The van der Waals surface area contributed by atoms with E-state index in [-0.39, 0.29) is 0 Å². The summed E-state index contributed by atoms with van der Waals surface area (Å²) in [4.78, 5) is 24.8. The first-order chi connectivity index (χ1) is 10.1. The number of rotatable bonds is 3. The third-order valence-corrected chi connectivity index (χ3v) is 3.38. The molecule has 1 aromatic heterocycles. The molecule has 1 fully saturated rings. The van der Waals surface area contributed by atoms with E-state index < -0.39 is 59.3 Å². The molecule has 1 aromatic rings. The molecule has 0 bridgehead atoms. The first kappa shape index (κ1) is 15.9. The summed E-state index contributed by atoms with van der Waals surface area (Å²) in [5.41, 5.74) is -0.650. The highest BCUT2D eigenvalue weighted by Crippen LogP contribution is 2.39. The van der Waals surface area contributed by atoms with Crippen LogP contribution < -0.4 is 4.90 Å². The molecule has 7 nitrogen and oxygen atoms in total. The van der Waals surface area contributed by atoms with E-state index in [4.69, 9.17) is 5.11 Å². The molecule has 0 amide bonds. The zero-order chi connectivity index (χ0) is 16.7. The van der Waals surface area contributed by atoms with Crippen molar-refractivity contribution in [1.82, 2.24) is 4.98 Å². The Morgan fingerprint density at radius 1 is 1.45 bits per heavy atom. The lowest BCUT2D eigenvalue weighted by Gasteiger charge is -2.19. The van der Waals surface area contributed by atoms with E-state index in [1.807, 2.05) is 0 Å². The molecular weight excluding hydrogens is 314 g/mol. The smallest absolute Gasteiger partial charge is 0.394 e. The minimum absolute atomic E-state index is 0.527. The van der Waals surface area contributed by atoms with Gasteiger partial charge in [0.25, 0.3) is 5.69 Å². The Balaban J connectivity index is 2.31. The molecule has 1 aliphatic rings. The second-order valence-electron chi connectivity index (χ2n) is 4.75. The third-order valence-electron chi connectivity index (χ3n) is 3.38. The Kier molecular flexibility index (Phi) is 3.90. The van der Waals surface area contributed by atoms with Crippen molar-refractivity contribution in [3.05, 3.63) is 28.2 Å². The van der Waals surface area contributed by atoms with Crippen LogP contribution in [0.2, 0.25) is 0 Å². The number of nitro groups is 1. The van der Waals surface area contributed by atoms with Crippen LogP contribution in [-0.2, 0) is 4.79 Å². The lowest BCUT2D eigenvalue weighted by Crippen LogP contribution is -2.33. The van der Waals surface area contributed by atoms with Crippen LogP contribution in [0.1, 0.15) is 0 Å². The summed E-state index contributed by atoms with van der Waals surface area (Å²) >= 11 is 0. The molecule has 2 rings (SSSR count). The van der Waals surface area contributed by atoms with E-state index in [9.17, 15) is 32.5 Å². The number of hydrogen-bond donors (Lipinski definition) is 1. The van der Waals surface area contributed by atoms with Crippen LogP contribution in [0.25, 0.3) is 0 Å². The number of alkyl halides is 3. The maximum Gasteiger partial charge on any atom is 0.394 e. The van der Waals surface area contributed by atoms with Crippen molar-refractivity contribution >= 4 is 17.5 Å². The molecule has 120 valence electrons. The molecule has 0 spiro atoms. The van der Waals surface area contributed by atoms with Gasteiger partial charge >= 0.3 is 12.1 Å². The van der Waals surface area contributed by atoms with Crippen LogP contribution in [0.4, 0.5) is 29.1 Å². The Labute approximate surface area is 120 Å². The maximum atomic E-state index is 13.8. The number of halogens is 4. The predicted molar refractivity (Wildman–Crippen MR) is 63.7 cm³/mol. The van der Waals surface area contributed by atoms with Crippen LogP contribution in [-0.4, -0.2) is 40.2 Å². The van der Waals surface area contributed by atoms with Crippen LogP contribution in [0, 0.1) is 27.8 Å². The van der Waals surface area contributed by atoms with Crippen LogP contribution in [0.3, 0.4) is 0 Å². The normalized spacial score (nSPS) is 21.9. The highest BCUT2D eigenvalue weighted by Gasteiger charge is 2.53. The van der Waals surface area contributed by atoms with Crippen molar-refractivity contribution in [3.8, 4) is 0 Å². The van der Waals surface area contributed by atoms with Crippen LogP contribution in [0.5, 0.6) is 0 Å². The molecule has 11 heteroatoms. The van der Waals surface area contributed by atoms with Crippen molar-refractivity contribution in [2.24, 2.45) is 11.8 Å². The van der Waals surface area contributed by atoms with E-state index in [0.717, 1.165) is 4.90 Å². The Morgan fingerprint density at radius 2 is 2.09 bits per heavy atom. The number of aliphatic carboxylic acids is 1. The van der Waals surface area contributed by atoms with Gasteiger partial charge in [-0.25, -0.2) is 9.37 Å². The fraction of sp³-hybridized carbons (Fsp3) is 0.455. The van der Waals surface area contributed by atoms with Crippen LogP contribution >= 0.6 is 0 Å². The van der Waals surface area contributed by atoms with E-state index in [0.29, 0.717) is 12.3 Å². The van der Waals surface area contributed by atoms with Gasteiger partial charge < -0.3 is 10.0 Å². The summed E-state index contributed by atoms with van der Waals surface area (Å²) in [7, 11) is 0. The molecule has 2 heterocycles. The van der Waals surface area contributed by atoms with E-state index in [1.54, 1.807) is 0 Å². The number of nitrogens with zero attached hydrogens (tertiary/aromatic N) is 3. The predicted octanol–water partition coefficient (Wildman–Crippen LogP) is 1.83. The van der Waals surface area contributed by atoms with Crippen molar-refractivity contribution < 1.29 is 32.4 Å². The fourth-order valence-corrected chi connectivity index (χ4v) is 2.31. The quantitative estimate of drug-likeness (QED) is 0.518. The van der Waals surface area contributed by atoms with Gasteiger partial charge in [-0.3, -0.25) is 14.9 Å². The van der Waals surface area contributed by atoms with E-state index >= 15 is 0 Å². The number of hydrogen-bond acceptors (Lipinski definition) is 5. The van der Waals surface area contributed by atoms with Gasteiger partial charge in [0.1, 0.15) is 6.20 Å². The second-order valence-corrected chi connectivity index (χ2v) is 4.75. The second kappa shape index (κ2) is 5.39. The molecule has 1 aliphatic heterocycles. The first-order valence-electron chi connectivity index (χ1n) is 5.95. The summed E-state index contributed by atoms with van der Waals surface area (Å²) in [5.74, 6) is -7.28. The number of pyridine rings is 1. The number of aromatic nitrogens is 1. The van der Waals surface area contributed by atoms with Gasteiger partial charge in [0.05, 0.1) is 22.8 Å². The number of carbonyl (C=O) groups is 1. The van der Waals surface area contributed by atoms with Crippen molar-refractivity contribution in [3.63, 3.8) is 0 Å². The van der Waals surface area contributed by atoms with Crippen molar-refractivity contribution in [1.29, 1.82) is 0 Å². The van der Waals surface area contributed by atoms with Gasteiger partial charge in [-0.2, -0.15) is 13.2 Å². The number of carboxylic acid groups (broad SMARTS) is 1. The van der Waals surface area contributed by atoms with E-state index in [1.165, 1.54) is 0 Å². The average molecular weight is 323 g/mol. The van der Waals surface area contributed by atoms with Gasteiger partial charge in [0.2, 0.25) is 0 Å².